The summed E-state index contributed by atoms with van der Waals surface area (Å²) in [5.74, 6) is -0.169. The van der Waals surface area contributed by atoms with E-state index in [0.29, 0.717) is 17.5 Å². The zero-order valence-electron chi connectivity index (χ0n) is 15.1. The van der Waals surface area contributed by atoms with Gasteiger partial charge in [0.25, 0.3) is 0 Å². The number of hydrogen-bond acceptors (Lipinski definition) is 4. The van der Waals surface area contributed by atoms with Gasteiger partial charge in [0.15, 0.2) is 6.29 Å². The van der Waals surface area contributed by atoms with E-state index in [1.165, 1.54) is 17.7 Å². The summed E-state index contributed by atoms with van der Waals surface area (Å²) in [5, 5.41) is 4.51. The van der Waals surface area contributed by atoms with Crippen LogP contribution in [0.5, 0.6) is 5.75 Å². The maximum Gasteiger partial charge on any atom is 0.387 e. The van der Waals surface area contributed by atoms with Crippen molar-refractivity contribution in [3.05, 3.63) is 65.9 Å². The standard InChI is InChI=1S/C21H18F2N2O3/c1-21(12-27-13-21)16-4-6-17(7-5-16)25-9-8-18(24-25)14-2-3-15(11-26)19(10-14)28-20(22)23/h2-11,20H,12-13H2,1H3. The quantitative estimate of drug-likeness (QED) is 0.597. The summed E-state index contributed by atoms with van der Waals surface area (Å²) in [7, 11) is 0. The molecule has 5 nitrogen and oxygen atoms in total. The molecule has 2 heterocycles. The largest absolute Gasteiger partial charge is 0.434 e. The predicted molar refractivity (Wildman–Crippen MR) is 99.2 cm³/mol. The Morgan fingerprint density at radius 1 is 1.18 bits per heavy atom. The lowest BCUT2D eigenvalue weighted by Crippen LogP contribution is -2.43. The average molecular weight is 384 g/mol. The van der Waals surface area contributed by atoms with E-state index < -0.39 is 6.61 Å². The molecule has 3 aromatic rings. The number of hydrogen-bond donors (Lipinski definition) is 0. The minimum atomic E-state index is -3.01. The molecule has 0 amide bonds. The van der Waals surface area contributed by atoms with Crippen LogP contribution in [0.25, 0.3) is 16.9 Å². The summed E-state index contributed by atoms with van der Waals surface area (Å²) in [6.07, 6.45) is 2.27. The first-order chi connectivity index (χ1) is 13.5. The molecule has 28 heavy (non-hydrogen) atoms. The van der Waals surface area contributed by atoms with Crippen LogP contribution in [0, 0.1) is 0 Å². The first-order valence-electron chi connectivity index (χ1n) is 8.77. The van der Waals surface area contributed by atoms with Crippen LogP contribution in [-0.4, -0.2) is 35.9 Å². The predicted octanol–water partition coefficient (Wildman–Crippen LogP) is 4.24. The monoisotopic (exact) mass is 384 g/mol. The van der Waals surface area contributed by atoms with Crippen LogP contribution >= 0.6 is 0 Å². The number of carbonyl (C=O) groups excluding carboxylic acids is 1. The van der Waals surface area contributed by atoms with E-state index in [4.69, 9.17) is 4.74 Å². The van der Waals surface area contributed by atoms with Crippen LogP contribution in [-0.2, 0) is 10.2 Å². The first-order valence-corrected chi connectivity index (χ1v) is 8.77. The Kier molecular flexibility index (Phi) is 4.68. The van der Waals surface area contributed by atoms with Gasteiger partial charge in [-0.15, -0.1) is 0 Å². The molecule has 2 aromatic carbocycles. The molecule has 0 bridgehead atoms. The number of aldehydes is 1. The van der Waals surface area contributed by atoms with Gasteiger partial charge in [-0.3, -0.25) is 4.79 Å². The molecule has 1 aliphatic heterocycles. The SMILES string of the molecule is CC1(c2ccc(-n3ccc(-c4ccc(C=O)c(OC(F)F)c4)n3)cc2)COC1. The molecule has 0 atom stereocenters. The zero-order valence-corrected chi connectivity index (χ0v) is 15.1. The molecule has 0 aliphatic carbocycles. The fraction of sp³-hybridized carbons (Fsp3) is 0.238. The van der Waals surface area contributed by atoms with Gasteiger partial charge in [-0.1, -0.05) is 25.1 Å². The van der Waals surface area contributed by atoms with Crippen LogP contribution in [0.15, 0.2) is 54.7 Å². The Hall–Kier alpha value is -3.06. The lowest BCUT2D eigenvalue weighted by molar-refractivity contribution is -0.0500. The number of benzene rings is 2. The van der Waals surface area contributed by atoms with E-state index in [-0.39, 0.29) is 16.7 Å². The first kappa shape index (κ1) is 18.3. The van der Waals surface area contributed by atoms with Gasteiger partial charge in [-0.2, -0.15) is 13.9 Å². The molecule has 0 unspecified atom stereocenters. The van der Waals surface area contributed by atoms with Gasteiger partial charge in [0, 0.05) is 17.2 Å². The lowest BCUT2D eigenvalue weighted by Gasteiger charge is -2.38. The minimum Gasteiger partial charge on any atom is -0.434 e. The molecule has 0 saturated carbocycles. The smallest absolute Gasteiger partial charge is 0.387 e. The Balaban J connectivity index is 1.60. The highest BCUT2D eigenvalue weighted by Gasteiger charge is 2.34. The highest BCUT2D eigenvalue weighted by molar-refractivity contribution is 5.81. The molecule has 144 valence electrons. The Bertz CT molecular complexity index is 995. The molecule has 1 fully saturated rings. The maximum atomic E-state index is 12.6. The van der Waals surface area contributed by atoms with E-state index in [1.807, 2.05) is 12.1 Å². The molecule has 0 spiro atoms. The molecular weight excluding hydrogens is 366 g/mol. The average Bonchev–Trinajstić information content (AvgIpc) is 3.16. The molecule has 1 aromatic heterocycles. The van der Waals surface area contributed by atoms with Crippen molar-refractivity contribution in [3.63, 3.8) is 0 Å². The summed E-state index contributed by atoms with van der Waals surface area (Å²) in [6, 6.07) is 14.3. The van der Waals surface area contributed by atoms with Crippen molar-refractivity contribution >= 4 is 6.29 Å². The molecule has 0 radical (unpaired) electrons. The number of halogens is 2. The number of carbonyl (C=O) groups is 1. The molecule has 1 aliphatic rings. The third-order valence-corrected chi connectivity index (χ3v) is 4.91. The van der Waals surface area contributed by atoms with Crippen molar-refractivity contribution in [2.75, 3.05) is 13.2 Å². The second-order valence-corrected chi connectivity index (χ2v) is 6.99. The molecular formula is C21H18F2N2O3. The normalized spacial score (nSPS) is 15.3. The summed E-state index contributed by atoms with van der Waals surface area (Å²) in [5.41, 5.74) is 3.39. The van der Waals surface area contributed by atoms with Crippen LogP contribution in [0.2, 0.25) is 0 Å². The van der Waals surface area contributed by atoms with Crippen LogP contribution in [0.3, 0.4) is 0 Å². The molecule has 7 heteroatoms. The summed E-state index contributed by atoms with van der Waals surface area (Å²) in [6.45, 7) is 0.600. The maximum absolute atomic E-state index is 12.6. The fourth-order valence-corrected chi connectivity index (χ4v) is 3.20. The van der Waals surface area contributed by atoms with Crippen LogP contribution < -0.4 is 4.74 Å². The Labute approximate surface area is 160 Å². The van der Waals surface area contributed by atoms with Gasteiger partial charge in [0.05, 0.1) is 30.2 Å². The van der Waals surface area contributed by atoms with E-state index in [0.717, 1.165) is 18.9 Å². The third kappa shape index (κ3) is 3.41. The number of aromatic nitrogens is 2. The number of nitrogens with zero attached hydrogens (tertiary/aromatic N) is 2. The van der Waals surface area contributed by atoms with Gasteiger partial charge >= 0.3 is 6.61 Å². The van der Waals surface area contributed by atoms with Crippen molar-refractivity contribution < 1.29 is 23.0 Å². The Morgan fingerprint density at radius 3 is 2.54 bits per heavy atom. The van der Waals surface area contributed by atoms with Gasteiger partial charge < -0.3 is 9.47 Å². The van der Waals surface area contributed by atoms with Crippen molar-refractivity contribution in [2.45, 2.75) is 19.0 Å². The van der Waals surface area contributed by atoms with Gasteiger partial charge in [-0.25, -0.2) is 4.68 Å². The van der Waals surface area contributed by atoms with Crippen molar-refractivity contribution in [1.82, 2.24) is 9.78 Å². The summed E-state index contributed by atoms with van der Waals surface area (Å²) < 4.78 is 36.6. The number of ether oxygens (including phenoxy) is 2. The molecule has 1 saturated heterocycles. The lowest BCUT2D eigenvalue weighted by atomic mass is 9.81. The van der Waals surface area contributed by atoms with E-state index >= 15 is 0 Å². The second kappa shape index (κ2) is 7.16. The van der Waals surface area contributed by atoms with Crippen molar-refractivity contribution in [2.24, 2.45) is 0 Å². The van der Waals surface area contributed by atoms with E-state index in [9.17, 15) is 13.6 Å². The van der Waals surface area contributed by atoms with E-state index in [2.05, 4.69) is 28.9 Å². The van der Waals surface area contributed by atoms with Gasteiger partial charge in [0.2, 0.25) is 0 Å². The van der Waals surface area contributed by atoms with E-state index in [1.54, 1.807) is 23.0 Å². The fourth-order valence-electron chi connectivity index (χ4n) is 3.20. The zero-order chi connectivity index (χ0) is 19.7. The topological polar surface area (TPSA) is 53.4 Å². The van der Waals surface area contributed by atoms with Crippen molar-refractivity contribution in [1.29, 1.82) is 0 Å². The van der Waals surface area contributed by atoms with Crippen LogP contribution in [0.4, 0.5) is 8.78 Å². The molecule has 4 rings (SSSR count). The van der Waals surface area contributed by atoms with Gasteiger partial charge in [-0.05, 0) is 35.9 Å². The van der Waals surface area contributed by atoms with Gasteiger partial charge in [0.1, 0.15) is 5.75 Å². The summed E-state index contributed by atoms with van der Waals surface area (Å²) >= 11 is 0. The highest BCUT2D eigenvalue weighted by atomic mass is 19.3. The van der Waals surface area contributed by atoms with Crippen molar-refractivity contribution in [3.8, 4) is 22.7 Å². The number of rotatable bonds is 6. The molecule has 0 N–H and O–H groups in total. The minimum absolute atomic E-state index is 0.0625. The number of alkyl halides is 2. The van der Waals surface area contributed by atoms with Crippen LogP contribution in [0.1, 0.15) is 22.8 Å². The second-order valence-electron chi connectivity index (χ2n) is 6.99. The third-order valence-electron chi connectivity index (χ3n) is 4.91. The highest BCUT2D eigenvalue weighted by Crippen LogP contribution is 2.32. The Morgan fingerprint density at radius 2 is 1.93 bits per heavy atom. The summed E-state index contributed by atoms with van der Waals surface area (Å²) in [4.78, 5) is 11.0.